The molecule has 0 saturated carbocycles. The average molecular weight is 288 g/mol. The largest absolute Gasteiger partial charge is 0.369 e. The Labute approximate surface area is 130 Å². The van der Waals surface area contributed by atoms with E-state index < -0.39 is 0 Å². The van der Waals surface area contributed by atoms with Crippen molar-refractivity contribution in [3.8, 4) is 0 Å². The third-order valence-electron chi connectivity index (χ3n) is 5.15. The first-order valence-electron chi connectivity index (χ1n) is 8.72. The molecule has 118 valence electrons. The van der Waals surface area contributed by atoms with Crippen LogP contribution < -0.4 is 10.2 Å². The Morgan fingerprint density at radius 2 is 1.90 bits per heavy atom. The third-order valence-corrected chi connectivity index (χ3v) is 5.15. The van der Waals surface area contributed by atoms with Crippen molar-refractivity contribution in [2.24, 2.45) is 5.92 Å². The Kier molecular flexibility index (Phi) is 5.69. The first-order chi connectivity index (χ1) is 10.1. The molecule has 0 spiro atoms. The Morgan fingerprint density at radius 1 is 1.19 bits per heavy atom. The summed E-state index contributed by atoms with van der Waals surface area (Å²) in [5.74, 6) is 0.757. The van der Waals surface area contributed by atoms with Gasteiger partial charge in [-0.1, -0.05) is 52.3 Å². The summed E-state index contributed by atoms with van der Waals surface area (Å²) in [6, 6.07) is 8.93. The minimum atomic E-state index is 0.255. The minimum absolute atomic E-state index is 0.255. The zero-order chi connectivity index (χ0) is 15.3. The molecule has 0 bridgehead atoms. The number of nitrogens with one attached hydrogen (secondary N) is 1. The Hall–Kier alpha value is -1.02. The van der Waals surface area contributed by atoms with Gasteiger partial charge in [-0.2, -0.15) is 0 Å². The van der Waals surface area contributed by atoms with E-state index in [1.54, 1.807) is 0 Å². The third kappa shape index (κ3) is 3.79. The molecule has 1 aliphatic heterocycles. The molecule has 21 heavy (non-hydrogen) atoms. The predicted molar refractivity (Wildman–Crippen MR) is 92.9 cm³/mol. The zero-order valence-electron chi connectivity index (χ0n) is 14.3. The SMILES string of the molecule is CCCC(C)CN1CC(CC)(CC)NCc2ccccc21. The maximum atomic E-state index is 3.84. The molecule has 0 aromatic heterocycles. The van der Waals surface area contributed by atoms with Crippen LogP contribution in [0, 0.1) is 5.92 Å². The van der Waals surface area contributed by atoms with E-state index in [0.717, 1.165) is 19.0 Å². The lowest BCUT2D eigenvalue weighted by atomic mass is 9.91. The zero-order valence-corrected chi connectivity index (χ0v) is 14.3. The van der Waals surface area contributed by atoms with Gasteiger partial charge >= 0.3 is 0 Å². The first-order valence-corrected chi connectivity index (χ1v) is 8.72. The monoisotopic (exact) mass is 288 g/mol. The number of para-hydroxylation sites is 1. The number of hydrogen-bond acceptors (Lipinski definition) is 2. The van der Waals surface area contributed by atoms with Gasteiger partial charge in [-0.25, -0.2) is 0 Å². The molecule has 2 rings (SSSR count). The lowest BCUT2D eigenvalue weighted by Crippen LogP contribution is -2.51. The second-order valence-electron chi connectivity index (χ2n) is 6.74. The number of benzene rings is 1. The van der Waals surface area contributed by atoms with E-state index in [0.29, 0.717) is 0 Å². The molecule has 2 nitrogen and oxygen atoms in total. The molecule has 0 aliphatic carbocycles. The van der Waals surface area contributed by atoms with Gasteiger partial charge in [-0.05, 0) is 36.8 Å². The van der Waals surface area contributed by atoms with E-state index in [9.17, 15) is 0 Å². The molecule has 0 fully saturated rings. The van der Waals surface area contributed by atoms with Crippen molar-refractivity contribution in [2.45, 2.75) is 65.5 Å². The second kappa shape index (κ2) is 7.31. The Balaban J connectivity index is 2.27. The minimum Gasteiger partial charge on any atom is -0.369 e. The molecule has 1 N–H and O–H groups in total. The molecule has 1 unspecified atom stereocenters. The summed E-state index contributed by atoms with van der Waals surface area (Å²) in [7, 11) is 0. The van der Waals surface area contributed by atoms with Crippen LogP contribution in [0.3, 0.4) is 0 Å². The van der Waals surface area contributed by atoms with Crippen LogP contribution in [0.25, 0.3) is 0 Å². The van der Waals surface area contributed by atoms with E-state index in [-0.39, 0.29) is 5.54 Å². The highest BCUT2D eigenvalue weighted by Crippen LogP contribution is 2.30. The molecule has 1 heterocycles. The van der Waals surface area contributed by atoms with E-state index in [1.165, 1.54) is 43.5 Å². The van der Waals surface area contributed by atoms with Crippen molar-refractivity contribution < 1.29 is 0 Å². The van der Waals surface area contributed by atoms with Crippen LogP contribution in [-0.4, -0.2) is 18.6 Å². The normalized spacial score (nSPS) is 19.0. The summed E-state index contributed by atoms with van der Waals surface area (Å²) < 4.78 is 0. The summed E-state index contributed by atoms with van der Waals surface area (Å²) in [5.41, 5.74) is 3.15. The summed E-state index contributed by atoms with van der Waals surface area (Å²) in [6.45, 7) is 12.6. The van der Waals surface area contributed by atoms with Crippen LogP contribution in [0.5, 0.6) is 0 Å². The Bertz CT molecular complexity index is 437. The molecule has 1 aromatic carbocycles. The van der Waals surface area contributed by atoms with Gasteiger partial charge in [-0.3, -0.25) is 0 Å². The number of anilines is 1. The van der Waals surface area contributed by atoms with Gasteiger partial charge in [0.1, 0.15) is 0 Å². The average Bonchev–Trinajstić information content (AvgIpc) is 2.66. The van der Waals surface area contributed by atoms with Gasteiger partial charge in [-0.15, -0.1) is 0 Å². The fraction of sp³-hybridized carbons (Fsp3) is 0.684. The number of hydrogen-bond donors (Lipinski definition) is 1. The van der Waals surface area contributed by atoms with Crippen LogP contribution >= 0.6 is 0 Å². The highest BCUT2D eigenvalue weighted by molar-refractivity contribution is 5.55. The van der Waals surface area contributed by atoms with Gasteiger partial charge in [0, 0.05) is 30.9 Å². The van der Waals surface area contributed by atoms with Crippen LogP contribution in [0.1, 0.15) is 58.9 Å². The number of nitrogens with zero attached hydrogens (tertiary/aromatic N) is 1. The molecule has 1 atom stereocenters. The van der Waals surface area contributed by atoms with Crippen LogP contribution in [0.4, 0.5) is 5.69 Å². The van der Waals surface area contributed by atoms with Crippen molar-refractivity contribution in [1.29, 1.82) is 0 Å². The lowest BCUT2D eigenvalue weighted by molar-refractivity contribution is 0.303. The predicted octanol–water partition coefficient (Wildman–Crippen LogP) is 4.59. The maximum absolute atomic E-state index is 3.84. The molecule has 0 radical (unpaired) electrons. The fourth-order valence-corrected chi connectivity index (χ4v) is 3.60. The van der Waals surface area contributed by atoms with Crippen LogP contribution in [-0.2, 0) is 6.54 Å². The van der Waals surface area contributed by atoms with Crippen molar-refractivity contribution in [1.82, 2.24) is 5.32 Å². The highest BCUT2D eigenvalue weighted by Gasteiger charge is 2.32. The lowest BCUT2D eigenvalue weighted by Gasteiger charge is -2.37. The van der Waals surface area contributed by atoms with Crippen LogP contribution in [0.2, 0.25) is 0 Å². The molecule has 0 saturated heterocycles. The van der Waals surface area contributed by atoms with Gasteiger partial charge in [0.15, 0.2) is 0 Å². The number of fused-ring (bicyclic) bond motifs is 1. The van der Waals surface area contributed by atoms with E-state index in [2.05, 4.69) is 62.2 Å². The molecular formula is C19H32N2. The van der Waals surface area contributed by atoms with Crippen LogP contribution in [0.15, 0.2) is 24.3 Å². The first kappa shape index (κ1) is 16.4. The summed E-state index contributed by atoms with van der Waals surface area (Å²) in [6.07, 6.45) is 4.98. The second-order valence-corrected chi connectivity index (χ2v) is 6.74. The van der Waals surface area contributed by atoms with Crippen molar-refractivity contribution in [2.75, 3.05) is 18.0 Å². The van der Waals surface area contributed by atoms with Crippen molar-refractivity contribution in [3.63, 3.8) is 0 Å². The van der Waals surface area contributed by atoms with Gasteiger partial charge in [0.05, 0.1) is 0 Å². The summed E-state index contributed by atoms with van der Waals surface area (Å²) >= 11 is 0. The maximum Gasteiger partial charge on any atom is 0.0412 e. The molecule has 2 heteroatoms. The topological polar surface area (TPSA) is 15.3 Å². The van der Waals surface area contributed by atoms with E-state index in [1.807, 2.05) is 0 Å². The fourth-order valence-electron chi connectivity index (χ4n) is 3.60. The molecule has 0 amide bonds. The molecule has 1 aliphatic rings. The van der Waals surface area contributed by atoms with E-state index in [4.69, 9.17) is 0 Å². The highest BCUT2D eigenvalue weighted by atomic mass is 15.2. The summed E-state index contributed by atoms with van der Waals surface area (Å²) in [5, 5.41) is 3.84. The van der Waals surface area contributed by atoms with Gasteiger partial charge in [0.25, 0.3) is 0 Å². The van der Waals surface area contributed by atoms with Crippen molar-refractivity contribution in [3.05, 3.63) is 29.8 Å². The smallest absolute Gasteiger partial charge is 0.0412 e. The van der Waals surface area contributed by atoms with Crippen molar-refractivity contribution >= 4 is 5.69 Å². The van der Waals surface area contributed by atoms with Gasteiger partial charge < -0.3 is 10.2 Å². The standard InChI is InChI=1S/C19H32N2/c1-5-10-16(4)14-21-15-19(6-2,7-3)20-13-17-11-8-9-12-18(17)21/h8-9,11-12,16,20H,5-7,10,13-15H2,1-4H3. The van der Waals surface area contributed by atoms with E-state index >= 15 is 0 Å². The molecule has 1 aromatic rings. The number of rotatable bonds is 6. The summed E-state index contributed by atoms with van der Waals surface area (Å²) in [4.78, 5) is 2.64. The molecular weight excluding hydrogens is 256 g/mol. The quantitative estimate of drug-likeness (QED) is 0.823. The van der Waals surface area contributed by atoms with Gasteiger partial charge in [0.2, 0.25) is 0 Å². The Morgan fingerprint density at radius 3 is 2.57 bits per heavy atom.